The Morgan fingerprint density at radius 2 is 0.808 bits per heavy atom. The first-order valence-corrected chi connectivity index (χ1v) is 25.2. The van der Waals surface area contributed by atoms with Crippen LogP contribution < -0.4 is 4.90 Å². The van der Waals surface area contributed by atoms with Gasteiger partial charge in [0.2, 0.25) is 0 Å². The van der Waals surface area contributed by atoms with Crippen molar-refractivity contribution in [3.63, 3.8) is 0 Å². The zero-order valence-corrected chi connectivity index (χ0v) is 40.1. The van der Waals surface area contributed by atoms with Gasteiger partial charge in [-0.3, -0.25) is 0 Å². The van der Waals surface area contributed by atoms with E-state index in [1.807, 2.05) is 0 Å². The highest BCUT2D eigenvalue weighted by Crippen LogP contribution is 2.57. The lowest BCUT2D eigenvalue weighted by Crippen LogP contribution is -2.28. The van der Waals surface area contributed by atoms with Crippen LogP contribution in [-0.2, 0) is 5.41 Å². The molecule has 1 aliphatic carbocycles. The van der Waals surface area contributed by atoms with Gasteiger partial charge in [0.25, 0.3) is 0 Å². The van der Waals surface area contributed by atoms with Crippen molar-refractivity contribution in [3.05, 3.63) is 313 Å². The normalized spacial score (nSPS) is 12.5. The SMILES string of the molecule is c1ccc(-c2ccc(N(c3ccc(-c4ccc5c6ccc7ccccc7c6n(-c6ccccc6)c5c4)cc3)c3ccc4c(c3)C(c3ccccc3)(c3ccccc3)c3ccccc3-4)cc2-c2ccccc2)cc1. The van der Waals surface area contributed by atoms with Gasteiger partial charge in [0.1, 0.15) is 0 Å². The fourth-order valence-electron chi connectivity index (χ4n) is 12.0. The summed E-state index contributed by atoms with van der Waals surface area (Å²) in [7, 11) is 0. The molecule has 0 fully saturated rings. The number of rotatable bonds is 9. The third-order valence-electron chi connectivity index (χ3n) is 15.3. The summed E-state index contributed by atoms with van der Waals surface area (Å²) in [6, 6.07) is 107. The molecule has 0 saturated heterocycles. The summed E-state index contributed by atoms with van der Waals surface area (Å²) >= 11 is 0. The molecule has 0 aliphatic heterocycles. The second-order valence-corrected chi connectivity index (χ2v) is 19.2. The molecule has 12 aromatic carbocycles. The second-order valence-electron chi connectivity index (χ2n) is 19.2. The van der Waals surface area contributed by atoms with Crippen molar-refractivity contribution in [1.82, 2.24) is 4.57 Å². The van der Waals surface area contributed by atoms with E-state index >= 15 is 0 Å². The lowest BCUT2D eigenvalue weighted by atomic mass is 9.67. The van der Waals surface area contributed by atoms with Crippen LogP contribution in [0.15, 0.2) is 291 Å². The van der Waals surface area contributed by atoms with Crippen molar-refractivity contribution in [2.45, 2.75) is 5.41 Å². The minimum atomic E-state index is -0.542. The number of fused-ring (bicyclic) bond motifs is 8. The summed E-state index contributed by atoms with van der Waals surface area (Å²) < 4.78 is 2.45. The Morgan fingerprint density at radius 3 is 1.51 bits per heavy atom. The van der Waals surface area contributed by atoms with E-state index in [0.29, 0.717) is 0 Å². The minimum Gasteiger partial charge on any atom is -0.310 e. The smallest absolute Gasteiger partial charge is 0.0714 e. The van der Waals surface area contributed by atoms with Gasteiger partial charge in [0, 0.05) is 38.9 Å². The molecule has 0 amide bonds. The first-order valence-electron chi connectivity index (χ1n) is 25.2. The molecule has 0 N–H and O–H groups in total. The van der Waals surface area contributed by atoms with Crippen LogP contribution in [0, 0.1) is 0 Å². The molecule has 1 aromatic heterocycles. The van der Waals surface area contributed by atoms with Crippen LogP contribution >= 0.6 is 0 Å². The summed E-state index contributed by atoms with van der Waals surface area (Å²) in [5, 5.41) is 4.98. The van der Waals surface area contributed by atoms with Crippen molar-refractivity contribution in [1.29, 1.82) is 0 Å². The Balaban J connectivity index is 0.971. The van der Waals surface area contributed by atoms with Gasteiger partial charge >= 0.3 is 0 Å². The van der Waals surface area contributed by atoms with E-state index in [4.69, 9.17) is 0 Å². The summed E-state index contributed by atoms with van der Waals surface area (Å²) in [5.41, 5.74) is 20.9. The second kappa shape index (κ2) is 17.4. The summed E-state index contributed by atoms with van der Waals surface area (Å²) in [4.78, 5) is 2.45. The van der Waals surface area contributed by atoms with Crippen molar-refractivity contribution >= 4 is 49.6 Å². The fourth-order valence-corrected chi connectivity index (χ4v) is 12.0. The lowest BCUT2D eigenvalue weighted by Gasteiger charge is -2.35. The molecule has 13 aromatic rings. The molecule has 0 spiro atoms. The van der Waals surface area contributed by atoms with Gasteiger partial charge in [0.15, 0.2) is 0 Å². The maximum Gasteiger partial charge on any atom is 0.0714 e. The molecule has 73 heavy (non-hydrogen) atoms. The number of para-hydroxylation sites is 1. The highest BCUT2D eigenvalue weighted by Gasteiger charge is 2.46. The summed E-state index contributed by atoms with van der Waals surface area (Å²) in [5.74, 6) is 0. The molecular formula is C71H48N2. The van der Waals surface area contributed by atoms with E-state index in [9.17, 15) is 0 Å². The van der Waals surface area contributed by atoms with E-state index in [0.717, 1.165) is 28.3 Å². The van der Waals surface area contributed by atoms with Crippen LogP contribution in [0.2, 0.25) is 0 Å². The van der Waals surface area contributed by atoms with Crippen LogP contribution in [0.3, 0.4) is 0 Å². The van der Waals surface area contributed by atoms with Crippen LogP contribution in [0.4, 0.5) is 17.1 Å². The Hall–Kier alpha value is -9.50. The van der Waals surface area contributed by atoms with Gasteiger partial charge in [-0.25, -0.2) is 0 Å². The summed E-state index contributed by atoms with van der Waals surface area (Å²) in [6.45, 7) is 0. The predicted octanol–water partition coefficient (Wildman–Crippen LogP) is 18.8. The van der Waals surface area contributed by atoms with Gasteiger partial charge in [-0.1, -0.05) is 237 Å². The standard InChI is InChI=1S/C71H48N2/c1-6-20-50(21-7-1)60-44-40-58(47-66(60)51-22-8-2-9-23-51)72(59-41-45-63-62-32-18-19-33-67(62)71(68(63)48-59,54-25-10-3-11-26-54)55-27-12-4-13-28-55)57-38-34-49(35-39-57)53-37-42-64-65-43-36-52-24-16-17-31-61(52)70(65)73(69(64)46-53)56-29-14-5-15-30-56/h1-48H. The van der Waals surface area contributed by atoms with Crippen LogP contribution in [-0.4, -0.2) is 4.57 Å². The molecule has 2 heteroatoms. The number of nitrogens with zero attached hydrogens (tertiary/aromatic N) is 2. The first-order chi connectivity index (χ1) is 36.2. The zero-order chi connectivity index (χ0) is 48.3. The predicted molar refractivity (Wildman–Crippen MR) is 307 cm³/mol. The molecule has 0 radical (unpaired) electrons. The maximum absolute atomic E-state index is 2.47. The number of benzene rings is 12. The van der Waals surface area contributed by atoms with Crippen LogP contribution in [0.25, 0.3) is 82.8 Å². The molecule has 0 saturated carbocycles. The highest BCUT2D eigenvalue weighted by atomic mass is 15.1. The number of hydrogen-bond acceptors (Lipinski definition) is 1. The Morgan fingerprint density at radius 1 is 0.288 bits per heavy atom. The van der Waals surface area contributed by atoms with Gasteiger partial charge in [-0.05, 0) is 127 Å². The van der Waals surface area contributed by atoms with Gasteiger partial charge in [-0.15, -0.1) is 0 Å². The molecule has 0 bridgehead atoms. The van der Waals surface area contributed by atoms with Gasteiger partial charge in [-0.2, -0.15) is 0 Å². The van der Waals surface area contributed by atoms with Crippen LogP contribution in [0.1, 0.15) is 22.3 Å². The monoisotopic (exact) mass is 928 g/mol. The minimum absolute atomic E-state index is 0.542. The molecule has 1 heterocycles. The van der Waals surface area contributed by atoms with Crippen molar-refractivity contribution in [3.8, 4) is 50.2 Å². The van der Waals surface area contributed by atoms with Gasteiger partial charge < -0.3 is 9.47 Å². The fraction of sp³-hybridized carbons (Fsp3) is 0.0141. The molecule has 0 unspecified atom stereocenters. The Bertz CT molecular complexity index is 4120. The molecule has 342 valence electrons. The zero-order valence-electron chi connectivity index (χ0n) is 40.1. The van der Waals surface area contributed by atoms with Crippen LogP contribution in [0.5, 0.6) is 0 Å². The number of anilines is 3. The molecule has 2 nitrogen and oxygen atoms in total. The van der Waals surface area contributed by atoms with Gasteiger partial charge in [0.05, 0.1) is 16.4 Å². The van der Waals surface area contributed by atoms with E-state index in [1.165, 1.54) is 93.8 Å². The van der Waals surface area contributed by atoms with E-state index in [1.54, 1.807) is 0 Å². The lowest BCUT2D eigenvalue weighted by molar-refractivity contribution is 0.768. The highest BCUT2D eigenvalue weighted by molar-refractivity contribution is 6.19. The van der Waals surface area contributed by atoms with Crippen molar-refractivity contribution in [2.75, 3.05) is 4.90 Å². The number of hydrogen-bond donors (Lipinski definition) is 0. The van der Waals surface area contributed by atoms with Crippen molar-refractivity contribution < 1.29 is 0 Å². The summed E-state index contributed by atoms with van der Waals surface area (Å²) in [6.07, 6.45) is 0. The Labute approximate surface area is 426 Å². The molecule has 0 atom stereocenters. The third kappa shape index (κ3) is 6.87. The Kier molecular flexibility index (Phi) is 10.1. The largest absolute Gasteiger partial charge is 0.310 e. The quantitative estimate of drug-likeness (QED) is 0.140. The third-order valence-corrected chi connectivity index (χ3v) is 15.3. The van der Waals surface area contributed by atoms with E-state index in [2.05, 4.69) is 301 Å². The molecule has 1 aliphatic rings. The van der Waals surface area contributed by atoms with E-state index < -0.39 is 5.41 Å². The first kappa shape index (κ1) is 42.4. The van der Waals surface area contributed by atoms with Crippen molar-refractivity contribution in [2.24, 2.45) is 0 Å². The topological polar surface area (TPSA) is 8.17 Å². The number of aromatic nitrogens is 1. The average Bonchev–Trinajstić information content (AvgIpc) is 3.97. The average molecular weight is 929 g/mol. The van der Waals surface area contributed by atoms with E-state index in [-0.39, 0.29) is 0 Å². The molecule has 14 rings (SSSR count). The maximum atomic E-state index is 2.47. The molecular weight excluding hydrogens is 881 g/mol.